The third-order valence-corrected chi connectivity index (χ3v) is 4.26. The average molecular weight is 283 g/mol. The molecule has 3 nitrogen and oxygen atoms in total. The smallest absolute Gasteiger partial charge is 0.168 e. The van der Waals surface area contributed by atoms with Crippen LogP contribution in [0.5, 0.6) is 0 Å². The van der Waals surface area contributed by atoms with E-state index in [0.717, 1.165) is 25.3 Å². The number of hydrogen-bond donors (Lipinski definition) is 2. The van der Waals surface area contributed by atoms with Gasteiger partial charge in [-0.2, -0.15) is 0 Å². The fraction of sp³-hybridized carbons (Fsp3) is 0.667. The summed E-state index contributed by atoms with van der Waals surface area (Å²) >= 11 is 0. The van der Waals surface area contributed by atoms with E-state index in [4.69, 9.17) is 0 Å². The van der Waals surface area contributed by atoms with Crippen LogP contribution in [0.4, 0.5) is 20.4 Å². The molecular weight excluding hydrogens is 260 g/mol. The second-order valence-corrected chi connectivity index (χ2v) is 5.74. The van der Waals surface area contributed by atoms with E-state index in [0.29, 0.717) is 18.4 Å². The molecule has 1 heterocycles. The van der Waals surface area contributed by atoms with Crippen molar-refractivity contribution in [3.8, 4) is 0 Å². The summed E-state index contributed by atoms with van der Waals surface area (Å²) in [5.41, 5.74) is 0. The second kappa shape index (κ2) is 6.37. The van der Waals surface area contributed by atoms with E-state index in [9.17, 15) is 8.78 Å². The van der Waals surface area contributed by atoms with Gasteiger partial charge in [0.15, 0.2) is 23.3 Å². The van der Waals surface area contributed by atoms with Gasteiger partial charge in [0.1, 0.15) is 0 Å². The van der Waals surface area contributed by atoms with E-state index >= 15 is 0 Å². The van der Waals surface area contributed by atoms with Gasteiger partial charge in [-0.15, -0.1) is 0 Å². The first-order valence-electron chi connectivity index (χ1n) is 7.39. The molecule has 1 fully saturated rings. The first-order chi connectivity index (χ1) is 9.52. The lowest BCUT2D eigenvalue weighted by atomic mass is 9.98. The van der Waals surface area contributed by atoms with Crippen molar-refractivity contribution in [3.05, 3.63) is 17.7 Å². The fourth-order valence-electron chi connectivity index (χ4n) is 2.68. The lowest BCUT2D eigenvalue weighted by molar-refractivity contribution is 0.433. The summed E-state index contributed by atoms with van der Waals surface area (Å²) in [6.07, 6.45) is 2.99. The molecule has 1 aliphatic rings. The van der Waals surface area contributed by atoms with Gasteiger partial charge in [-0.3, -0.25) is 0 Å². The van der Waals surface area contributed by atoms with E-state index in [1.165, 1.54) is 0 Å². The number of halogens is 2. The minimum atomic E-state index is -0.644. The molecule has 0 saturated heterocycles. The van der Waals surface area contributed by atoms with Crippen molar-refractivity contribution >= 4 is 11.6 Å². The molecule has 3 unspecified atom stereocenters. The topological polar surface area (TPSA) is 37.0 Å². The molecular formula is C15H23F2N3. The van der Waals surface area contributed by atoms with Crippen LogP contribution in [0.1, 0.15) is 40.0 Å². The van der Waals surface area contributed by atoms with E-state index < -0.39 is 11.6 Å². The quantitative estimate of drug-likeness (QED) is 0.856. The molecule has 1 saturated carbocycles. The van der Waals surface area contributed by atoms with E-state index in [-0.39, 0.29) is 17.7 Å². The molecule has 0 bridgehead atoms. The number of hydrogen-bond acceptors (Lipinski definition) is 3. The summed E-state index contributed by atoms with van der Waals surface area (Å²) in [6.45, 7) is 6.96. The van der Waals surface area contributed by atoms with Crippen molar-refractivity contribution in [2.75, 3.05) is 17.2 Å². The Hall–Kier alpha value is -1.39. The number of nitrogens with one attached hydrogen (secondary N) is 2. The molecule has 0 aliphatic heterocycles. The Labute approximate surface area is 119 Å². The van der Waals surface area contributed by atoms with Gasteiger partial charge in [-0.1, -0.05) is 20.8 Å². The minimum absolute atomic E-state index is 0.120. The number of anilines is 2. The molecule has 0 aromatic carbocycles. The standard InChI is InChI=1S/C15H23F2N3/c1-4-7-18-14-11(16)8-12(17)15(20-14)19-13-6-5-9(2)10(13)3/h8-10,13H,4-7H2,1-3H3,(H2,18,19,20). The Bertz CT molecular complexity index is 465. The Morgan fingerprint density at radius 1 is 1.20 bits per heavy atom. The van der Waals surface area contributed by atoms with Crippen molar-refractivity contribution in [3.63, 3.8) is 0 Å². The van der Waals surface area contributed by atoms with Crippen LogP contribution < -0.4 is 10.6 Å². The number of pyridine rings is 1. The van der Waals surface area contributed by atoms with Crippen LogP contribution in [-0.4, -0.2) is 17.6 Å². The number of aromatic nitrogens is 1. The third kappa shape index (κ3) is 3.19. The minimum Gasteiger partial charge on any atom is -0.368 e. The van der Waals surface area contributed by atoms with Gasteiger partial charge in [0.25, 0.3) is 0 Å². The molecule has 1 aromatic rings. The summed E-state index contributed by atoms with van der Waals surface area (Å²) in [5.74, 6) is 0.0815. The van der Waals surface area contributed by atoms with Gasteiger partial charge in [0, 0.05) is 18.7 Å². The molecule has 5 heteroatoms. The molecule has 2 rings (SSSR count). The second-order valence-electron chi connectivity index (χ2n) is 5.74. The molecule has 112 valence electrons. The molecule has 3 atom stereocenters. The number of nitrogens with zero attached hydrogens (tertiary/aromatic N) is 1. The zero-order chi connectivity index (χ0) is 14.7. The van der Waals surface area contributed by atoms with Crippen LogP contribution in [0.15, 0.2) is 6.07 Å². The van der Waals surface area contributed by atoms with Crippen LogP contribution >= 0.6 is 0 Å². The highest BCUT2D eigenvalue weighted by Crippen LogP contribution is 2.33. The Morgan fingerprint density at radius 3 is 2.50 bits per heavy atom. The van der Waals surface area contributed by atoms with Gasteiger partial charge in [-0.05, 0) is 31.1 Å². The first kappa shape index (κ1) is 15.0. The van der Waals surface area contributed by atoms with Gasteiger partial charge >= 0.3 is 0 Å². The maximum absolute atomic E-state index is 13.8. The normalized spacial score (nSPS) is 25.8. The maximum atomic E-state index is 13.8. The van der Waals surface area contributed by atoms with E-state index in [1.54, 1.807) is 0 Å². The zero-order valence-electron chi connectivity index (χ0n) is 12.3. The summed E-state index contributed by atoms with van der Waals surface area (Å²) in [4.78, 5) is 4.06. The average Bonchev–Trinajstić information content (AvgIpc) is 2.72. The Morgan fingerprint density at radius 2 is 1.90 bits per heavy atom. The predicted molar refractivity (Wildman–Crippen MR) is 77.9 cm³/mol. The van der Waals surface area contributed by atoms with Gasteiger partial charge in [-0.25, -0.2) is 13.8 Å². The van der Waals surface area contributed by atoms with Gasteiger partial charge in [0.05, 0.1) is 0 Å². The van der Waals surface area contributed by atoms with E-state index in [2.05, 4.69) is 29.5 Å². The van der Waals surface area contributed by atoms with Crippen LogP contribution in [0.25, 0.3) is 0 Å². The van der Waals surface area contributed by atoms with Gasteiger partial charge in [0.2, 0.25) is 0 Å². The lowest BCUT2D eigenvalue weighted by Gasteiger charge is -2.21. The van der Waals surface area contributed by atoms with E-state index in [1.807, 2.05) is 6.92 Å². The maximum Gasteiger partial charge on any atom is 0.168 e. The molecule has 0 amide bonds. The summed E-state index contributed by atoms with van der Waals surface area (Å²) in [5, 5.41) is 6.02. The van der Waals surface area contributed by atoms with Crippen molar-refractivity contribution in [2.24, 2.45) is 11.8 Å². The van der Waals surface area contributed by atoms with Gasteiger partial charge < -0.3 is 10.6 Å². The molecule has 2 N–H and O–H groups in total. The summed E-state index contributed by atoms with van der Waals surface area (Å²) in [6, 6.07) is 1.10. The molecule has 0 radical (unpaired) electrons. The van der Waals surface area contributed by atoms with Crippen LogP contribution in [-0.2, 0) is 0 Å². The summed E-state index contributed by atoms with van der Waals surface area (Å²) in [7, 11) is 0. The first-order valence-corrected chi connectivity index (χ1v) is 7.39. The largest absolute Gasteiger partial charge is 0.368 e. The Balaban J connectivity index is 2.14. The lowest BCUT2D eigenvalue weighted by Crippen LogP contribution is -2.25. The molecule has 0 spiro atoms. The van der Waals surface area contributed by atoms with Crippen molar-refractivity contribution in [2.45, 2.75) is 46.1 Å². The monoisotopic (exact) mass is 283 g/mol. The predicted octanol–water partition coefficient (Wildman–Crippen LogP) is 4.03. The van der Waals surface area contributed by atoms with Crippen molar-refractivity contribution in [1.29, 1.82) is 0 Å². The highest BCUT2D eigenvalue weighted by atomic mass is 19.1. The third-order valence-electron chi connectivity index (χ3n) is 4.26. The number of rotatable bonds is 5. The highest BCUT2D eigenvalue weighted by Gasteiger charge is 2.30. The highest BCUT2D eigenvalue weighted by molar-refractivity contribution is 5.48. The molecule has 20 heavy (non-hydrogen) atoms. The molecule has 1 aliphatic carbocycles. The fourth-order valence-corrected chi connectivity index (χ4v) is 2.68. The Kier molecular flexibility index (Phi) is 4.78. The molecule has 1 aromatic heterocycles. The van der Waals surface area contributed by atoms with Crippen LogP contribution in [0.3, 0.4) is 0 Å². The van der Waals surface area contributed by atoms with Crippen LogP contribution in [0, 0.1) is 23.5 Å². The summed E-state index contributed by atoms with van der Waals surface area (Å²) < 4.78 is 27.5. The zero-order valence-corrected chi connectivity index (χ0v) is 12.3. The van der Waals surface area contributed by atoms with Crippen molar-refractivity contribution in [1.82, 2.24) is 4.98 Å². The van der Waals surface area contributed by atoms with Crippen molar-refractivity contribution < 1.29 is 8.78 Å². The SMILES string of the molecule is CCCNc1nc(NC2CCC(C)C2C)c(F)cc1F. The van der Waals surface area contributed by atoms with Crippen LogP contribution in [0.2, 0.25) is 0 Å².